The first-order valence-electron chi connectivity index (χ1n) is 6.07. The molecule has 5 heteroatoms. The molecule has 0 heterocycles. The monoisotopic (exact) mass is 271 g/mol. The fourth-order valence-electron chi connectivity index (χ4n) is 1.74. The van der Waals surface area contributed by atoms with Gasteiger partial charge < -0.3 is 4.74 Å². The van der Waals surface area contributed by atoms with Crippen molar-refractivity contribution in [1.82, 2.24) is 0 Å². The van der Waals surface area contributed by atoms with Crippen LogP contribution in [0.25, 0.3) is 0 Å². The zero-order chi connectivity index (χ0) is 13.9. The SMILES string of the molecule is CCCOc1cc(C(C)C)c(S(N)(=O)=O)cc1C. The van der Waals surface area contributed by atoms with Crippen LogP contribution in [-0.2, 0) is 10.0 Å². The number of hydrogen-bond donors (Lipinski definition) is 1. The van der Waals surface area contributed by atoms with Crippen LogP contribution in [0.2, 0.25) is 0 Å². The second kappa shape index (κ2) is 5.71. The molecule has 0 radical (unpaired) electrons. The zero-order valence-electron chi connectivity index (χ0n) is 11.4. The summed E-state index contributed by atoms with van der Waals surface area (Å²) >= 11 is 0. The second-order valence-corrected chi connectivity index (χ2v) is 6.23. The predicted molar refractivity (Wildman–Crippen MR) is 72.4 cm³/mol. The van der Waals surface area contributed by atoms with E-state index < -0.39 is 10.0 Å². The number of nitrogens with two attached hydrogens (primary N) is 1. The molecule has 0 aliphatic carbocycles. The maximum atomic E-state index is 11.6. The average molecular weight is 271 g/mol. The van der Waals surface area contributed by atoms with Crippen molar-refractivity contribution in [2.45, 2.75) is 44.9 Å². The van der Waals surface area contributed by atoms with Gasteiger partial charge in [-0.3, -0.25) is 0 Å². The van der Waals surface area contributed by atoms with Crippen LogP contribution in [0.5, 0.6) is 5.75 Å². The quantitative estimate of drug-likeness (QED) is 0.894. The molecule has 2 N–H and O–H groups in total. The highest BCUT2D eigenvalue weighted by atomic mass is 32.2. The first-order valence-corrected chi connectivity index (χ1v) is 7.62. The summed E-state index contributed by atoms with van der Waals surface area (Å²) in [7, 11) is -3.69. The van der Waals surface area contributed by atoms with Gasteiger partial charge in [-0.1, -0.05) is 20.8 Å². The first kappa shape index (κ1) is 15.0. The number of sulfonamides is 1. The second-order valence-electron chi connectivity index (χ2n) is 4.70. The van der Waals surface area contributed by atoms with Crippen molar-refractivity contribution in [2.75, 3.05) is 6.61 Å². The Morgan fingerprint density at radius 3 is 2.39 bits per heavy atom. The number of hydrogen-bond acceptors (Lipinski definition) is 3. The lowest BCUT2D eigenvalue weighted by Crippen LogP contribution is -2.16. The van der Waals surface area contributed by atoms with Gasteiger partial charge >= 0.3 is 0 Å². The fourth-order valence-corrected chi connectivity index (χ4v) is 2.71. The van der Waals surface area contributed by atoms with E-state index in [9.17, 15) is 8.42 Å². The zero-order valence-corrected chi connectivity index (χ0v) is 12.2. The molecule has 18 heavy (non-hydrogen) atoms. The van der Waals surface area contributed by atoms with Crippen LogP contribution < -0.4 is 9.88 Å². The van der Waals surface area contributed by atoms with Crippen molar-refractivity contribution in [1.29, 1.82) is 0 Å². The standard InChI is InChI=1S/C13H21NO3S/c1-5-6-17-12-8-11(9(2)3)13(7-10(12)4)18(14,15)16/h7-9H,5-6H2,1-4H3,(H2,14,15,16). The molecule has 0 atom stereocenters. The average Bonchev–Trinajstić information content (AvgIpc) is 2.25. The molecule has 0 saturated carbocycles. The van der Waals surface area contributed by atoms with E-state index in [0.29, 0.717) is 12.2 Å². The molecule has 0 spiro atoms. The first-order chi connectivity index (χ1) is 8.27. The van der Waals surface area contributed by atoms with Crippen LogP contribution in [-0.4, -0.2) is 15.0 Å². The summed E-state index contributed by atoms with van der Waals surface area (Å²) in [6, 6.07) is 3.38. The van der Waals surface area contributed by atoms with E-state index in [1.54, 1.807) is 12.1 Å². The highest BCUT2D eigenvalue weighted by Crippen LogP contribution is 2.30. The topological polar surface area (TPSA) is 69.4 Å². The minimum absolute atomic E-state index is 0.0721. The fraction of sp³-hybridized carbons (Fsp3) is 0.538. The molecule has 0 aromatic heterocycles. The Morgan fingerprint density at radius 2 is 1.94 bits per heavy atom. The summed E-state index contributed by atoms with van der Waals surface area (Å²) in [5.41, 5.74) is 1.49. The van der Waals surface area contributed by atoms with E-state index >= 15 is 0 Å². The summed E-state index contributed by atoms with van der Waals surface area (Å²) < 4.78 is 28.8. The molecule has 1 aromatic carbocycles. The van der Waals surface area contributed by atoms with Crippen molar-refractivity contribution in [2.24, 2.45) is 5.14 Å². The number of ether oxygens (including phenoxy) is 1. The molecule has 0 saturated heterocycles. The molecular formula is C13H21NO3S. The van der Waals surface area contributed by atoms with Crippen LogP contribution in [0.4, 0.5) is 0 Å². The van der Waals surface area contributed by atoms with Crippen LogP contribution in [0.3, 0.4) is 0 Å². The maximum absolute atomic E-state index is 11.6. The van der Waals surface area contributed by atoms with E-state index in [-0.39, 0.29) is 10.8 Å². The Labute approximate surface area is 109 Å². The smallest absolute Gasteiger partial charge is 0.238 e. The highest BCUT2D eigenvalue weighted by Gasteiger charge is 2.18. The van der Waals surface area contributed by atoms with Gasteiger partial charge in [-0.2, -0.15) is 0 Å². The van der Waals surface area contributed by atoms with E-state index in [2.05, 4.69) is 0 Å². The Balaban J connectivity index is 3.35. The van der Waals surface area contributed by atoms with Gasteiger partial charge in [-0.05, 0) is 42.5 Å². The van der Waals surface area contributed by atoms with Crippen LogP contribution in [0.1, 0.15) is 44.2 Å². The van der Waals surface area contributed by atoms with Crippen molar-refractivity contribution < 1.29 is 13.2 Å². The van der Waals surface area contributed by atoms with Gasteiger partial charge in [0.15, 0.2) is 0 Å². The number of rotatable bonds is 5. The molecule has 0 unspecified atom stereocenters. The maximum Gasteiger partial charge on any atom is 0.238 e. The minimum atomic E-state index is -3.69. The molecule has 0 aliphatic heterocycles. The Morgan fingerprint density at radius 1 is 1.33 bits per heavy atom. The lowest BCUT2D eigenvalue weighted by molar-refractivity contribution is 0.314. The molecule has 1 aromatic rings. The summed E-state index contributed by atoms with van der Waals surface area (Å²) in [6.45, 7) is 8.33. The van der Waals surface area contributed by atoms with Crippen molar-refractivity contribution in [3.05, 3.63) is 23.3 Å². The van der Waals surface area contributed by atoms with E-state index in [1.165, 1.54) is 0 Å². The van der Waals surface area contributed by atoms with Crippen LogP contribution in [0, 0.1) is 6.92 Å². The van der Waals surface area contributed by atoms with E-state index in [4.69, 9.17) is 9.88 Å². The van der Waals surface area contributed by atoms with Gasteiger partial charge in [0.1, 0.15) is 5.75 Å². The third-order valence-electron chi connectivity index (χ3n) is 2.70. The predicted octanol–water partition coefficient (Wildman–Crippen LogP) is 2.55. The Kier molecular flexibility index (Phi) is 4.76. The van der Waals surface area contributed by atoms with Gasteiger partial charge in [0.25, 0.3) is 0 Å². The highest BCUT2D eigenvalue weighted by molar-refractivity contribution is 7.89. The normalized spacial score (nSPS) is 11.9. The summed E-state index contributed by atoms with van der Waals surface area (Å²) in [4.78, 5) is 0.193. The van der Waals surface area contributed by atoms with Gasteiger partial charge in [-0.15, -0.1) is 0 Å². The Hall–Kier alpha value is -1.07. The van der Waals surface area contributed by atoms with Crippen LogP contribution in [0.15, 0.2) is 17.0 Å². The molecule has 0 aliphatic rings. The largest absolute Gasteiger partial charge is 0.493 e. The number of aryl methyl sites for hydroxylation is 1. The van der Waals surface area contributed by atoms with Gasteiger partial charge in [0.2, 0.25) is 10.0 Å². The minimum Gasteiger partial charge on any atom is -0.493 e. The van der Waals surface area contributed by atoms with Gasteiger partial charge in [-0.25, -0.2) is 13.6 Å². The molecule has 0 bridgehead atoms. The summed E-state index contributed by atoms with van der Waals surface area (Å²) in [6.07, 6.45) is 0.910. The molecule has 102 valence electrons. The van der Waals surface area contributed by atoms with E-state index in [0.717, 1.165) is 17.7 Å². The number of primary sulfonamides is 1. The summed E-state index contributed by atoms with van der Waals surface area (Å²) in [5, 5.41) is 5.25. The molecular weight excluding hydrogens is 250 g/mol. The van der Waals surface area contributed by atoms with Crippen molar-refractivity contribution in [3.63, 3.8) is 0 Å². The van der Waals surface area contributed by atoms with Gasteiger partial charge in [0, 0.05) is 0 Å². The van der Waals surface area contributed by atoms with Crippen LogP contribution >= 0.6 is 0 Å². The lowest BCUT2D eigenvalue weighted by Gasteiger charge is -2.16. The molecule has 4 nitrogen and oxygen atoms in total. The molecule has 1 rings (SSSR count). The summed E-state index contributed by atoms with van der Waals surface area (Å²) in [5.74, 6) is 0.802. The van der Waals surface area contributed by atoms with Crippen molar-refractivity contribution in [3.8, 4) is 5.75 Å². The number of benzene rings is 1. The van der Waals surface area contributed by atoms with Gasteiger partial charge in [0.05, 0.1) is 11.5 Å². The third-order valence-corrected chi connectivity index (χ3v) is 3.66. The van der Waals surface area contributed by atoms with E-state index in [1.807, 2.05) is 27.7 Å². The molecule has 0 amide bonds. The Bertz CT molecular complexity index is 521. The van der Waals surface area contributed by atoms with Crippen molar-refractivity contribution >= 4 is 10.0 Å². The molecule has 0 fully saturated rings. The lowest BCUT2D eigenvalue weighted by atomic mass is 10.0. The third kappa shape index (κ3) is 3.46.